The maximum Gasteiger partial charge on any atom is 0.338 e. The van der Waals surface area contributed by atoms with E-state index in [2.05, 4.69) is 0 Å². The first-order valence-corrected chi connectivity index (χ1v) is 12.2. The van der Waals surface area contributed by atoms with E-state index in [0.717, 1.165) is 30.7 Å². The molecule has 1 aromatic heterocycles. The topological polar surface area (TPSA) is 94.9 Å². The summed E-state index contributed by atoms with van der Waals surface area (Å²) in [5.74, 6) is -1.05. The van der Waals surface area contributed by atoms with Crippen LogP contribution < -0.4 is 0 Å². The maximum absolute atomic E-state index is 12.9. The predicted octanol–water partition coefficient (Wildman–Crippen LogP) is 2.97. The first-order valence-electron chi connectivity index (χ1n) is 10.7. The third-order valence-electron chi connectivity index (χ3n) is 5.75. The lowest BCUT2D eigenvalue weighted by Crippen LogP contribution is -2.35. The molecule has 0 radical (unpaired) electrons. The third kappa shape index (κ3) is 5.28. The smallest absolute Gasteiger partial charge is 0.338 e. The van der Waals surface area contributed by atoms with E-state index in [0.29, 0.717) is 31.8 Å². The van der Waals surface area contributed by atoms with Crippen LogP contribution in [0.1, 0.15) is 51.4 Å². The van der Waals surface area contributed by atoms with Crippen LogP contribution in [-0.4, -0.2) is 62.5 Å². The van der Waals surface area contributed by atoms with Crippen LogP contribution in [0.2, 0.25) is 0 Å². The number of aryl methyl sites for hydroxylation is 1. The zero-order valence-electron chi connectivity index (χ0n) is 18.8. The van der Waals surface area contributed by atoms with Crippen molar-refractivity contribution in [3.05, 3.63) is 52.8 Å². The normalized spacial score (nSPS) is 15.0. The summed E-state index contributed by atoms with van der Waals surface area (Å²) < 4.78 is 39.5. The molecule has 9 heteroatoms. The van der Waals surface area contributed by atoms with Crippen LogP contribution in [0, 0.1) is 13.8 Å². The van der Waals surface area contributed by atoms with Crippen molar-refractivity contribution in [2.24, 2.45) is 0 Å². The highest BCUT2D eigenvalue weighted by molar-refractivity contribution is 7.89. The van der Waals surface area contributed by atoms with Gasteiger partial charge in [0.1, 0.15) is 0 Å². The lowest BCUT2D eigenvalue weighted by atomic mass is 10.1. The number of sulfonamides is 1. The fourth-order valence-corrected chi connectivity index (χ4v) is 5.50. The second-order valence-corrected chi connectivity index (χ2v) is 9.86. The van der Waals surface area contributed by atoms with Crippen molar-refractivity contribution in [2.75, 3.05) is 33.4 Å². The van der Waals surface area contributed by atoms with Gasteiger partial charge in [-0.05, 0) is 51.0 Å². The fourth-order valence-electron chi connectivity index (χ4n) is 3.94. The van der Waals surface area contributed by atoms with Crippen LogP contribution in [0.15, 0.2) is 35.2 Å². The van der Waals surface area contributed by atoms with E-state index in [4.69, 9.17) is 9.47 Å². The van der Waals surface area contributed by atoms with Gasteiger partial charge >= 0.3 is 5.97 Å². The molecule has 0 atom stereocenters. The summed E-state index contributed by atoms with van der Waals surface area (Å²) >= 11 is 0. The standard InChI is InChI=1S/C23H30N2O6S/c1-17-14-21(18(2)25(17)12-13-30-3)22(26)16-31-23(27)19-8-7-9-20(15-19)32(28,29)24-10-5-4-6-11-24/h7-9,14-15H,4-6,10-13,16H2,1-3H3. The molecule has 1 saturated heterocycles. The van der Waals surface area contributed by atoms with Gasteiger partial charge in [-0.25, -0.2) is 13.2 Å². The Bertz CT molecular complexity index is 1080. The summed E-state index contributed by atoms with van der Waals surface area (Å²) in [5, 5.41) is 0. The number of nitrogens with zero attached hydrogens (tertiary/aromatic N) is 2. The van der Waals surface area contributed by atoms with Crippen molar-refractivity contribution >= 4 is 21.8 Å². The van der Waals surface area contributed by atoms with Gasteiger partial charge in [0.25, 0.3) is 0 Å². The molecule has 0 spiro atoms. The van der Waals surface area contributed by atoms with E-state index in [1.165, 1.54) is 28.6 Å². The maximum atomic E-state index is 12.9. The van der Waals surface area contributed by atoms with Gasteiger partial charge in [0, 0.05) is 43.7 Å². The third-order valence-corrected chi connectivity index (χ3v) is 7.64. The monoisotopic (exact) mass is 462 g/mol. The number of benzene rings is 1. The first-order chi connectivity index (χ1) is 15.3. The Morgan fingerprint density at radius 2 is 1.78 bits per heavy atom. The van der Waals surface area contributed by atoms with Crippen molar-refractivity contribution in [3.63, 3.8) is 0 Å². The van der Waals surface area contributed by atoms with Gasteiger partial charge in [0.2, 0.25) is 15.8 Å². The number of hydrogen-bond donors (Lipinski definition) is 0. The van der Waals surface area contributed by atoms with Crippen molar-refractivity contribution < 1.29 is 27.5 Å². The summed E-state index contributed by atoms with van der Waals surface area (Å²) in [4.78, 5) is 25.2. The van der Waals surface area contributed by atoms with E-state index < -0.39 is 22.6 Å². The molecule has 0 saturated carbocycles. The highest BCUT2D eigenvalue weighted by atomic mass is 32.2. The Kier molecular flexibility index (Phi) is 7.86. The van der Waals surface area contributed by atoms with E-state index in [-0.39, 0.29) is 16.2 Å². The van der Waals surface area contributed by atoms with Crippen LogP contribution in [-0.2, 0) is 26.0 Å². The van der Waals surface area contributed by atoms with Gasteiger partial charge < -0.3 is 14.0 Å². The van der Waals surface area contributed by atoms with Crippen molar-refractivity contribution in [3.8, 4) is 0 Å². The number of carbonyl (C=O) groups excluding carboxylic acids is 2. The second-order valence-electron chi connectivity index (χ2n) is 7.92. The molecule has 32 heavy (non-hydrogen) atoms. The highest BCUT2D eigenvalue weighted by Crippen LogP contribution is 2.22. The minimum Gasteiger partial charge on any atom is -0.454 e. The van der Waals surface area contributed by atoms with Crippen LogP contribution in [0.3, 0.4) is 0 Å². The molecule has 174 valence electrons. The average molecular weight is 463 g/mol. The van der Waals surface area contributed by atoms with Gasteiger partial charge in [-0.15, -0.1) is 0 Å². The van der Waals surface area contributed by atoms with E-state index in [1.54, 1.807) is 13.2 Å². The Morgan fingerprint density at radius 3 is 2.47 bits per heavy atom. The Balaban J connectivity index is 1.68. The largest absolute Gasteiger partial charge is 0.454 e. The number of esters is 1. The van der Waals surface area contributed by atoms with Crippen LogP contribution >= 0.6 is 0 Å². The number of carbonyl (C=O) groups is 2. The van der Waals surface area contributed by atoms with E-state index >= 15 is 0 Å². The fraction of sp³-hybridized carbons (Fsp3) is 0.478. The van der Waals surface area contributed by atoms with Gasteiger partial charge in [0.15, 0.2) is 6.61 Å². The molecule has 0 aliphatic carbocycles. The molecule has 1 fully saturated rings. The minimum atomic E-state index is -3.66. The number of rotatable bonds is 9. The molecular formula is C23H30N2O6S. The summed E-state index contributed by atoms with van der Waals surface area (Å²) in [6, 6.07) is 7.55. The summed E-state index contributed by atoms with van der Waals surface area (Å²) in [6.45, 7) is 5.43. The SMILES string of the molecule is COCCn1c(C)cc(C(=O)COC(=O)c2cccc(S(=O)(=O)N3CCCCC3)c2)c1C. The molecule has 0 amide bonds. The van der Waals surface area contributed by atoms with Crippen molar-refractivity contribution in [1.29, 1.82) is 0 Å². The summed E-state index contributed by atoms with van der Waals surface area (Å²) in [6.07, 6.45) is 2.67. The summed E-state index contributed by atoms with van der Waals surface area (Å²) in [7, 11) is -2.04. The number of ketones is 1. The first kappa shape index (κ1) is 24.2. The quantitative estimate of drug-likeness (QED) is 0.420. The number of methoxy groups -OCH3 is 1. The highest BCUT2D eigenvalue weighted by Gasteiger charge is 2.27. The average Bonchev–Trinajstić information content (AvgIpc) is 3.09. The molecule has 0 unspecified atom stereocenters. The lowest BCUT2D eigenvalue weighted by Gasteiger charge is -2.25. The molecule has 3 rings (SSSR count). The Labute approximate surface area is 189 Å². The molecule has 8 nitrogen and oxygen atoms in total. The van der Waals surface area contributed by atoms with Crippen LogP contribution in [0.5, 0.6) is 0 Å². The Hall–Kier alpha value is -2.49. The molecule has 2 aromatic rings. The van der Waals surface area contributed by atoms with Gasteiger partial charge in [-0.1, -0.05) is 12.5 Å². The zero-order chi connectivity index (χ0) is 23.3. The summed E-state index contributed by atoms with van der Waals surface area (Å²) in [5.41, 5.74) is 2.30. The van der Waals surface area contributed by atoms with Gasteiger partial charge in [0.05, 0.1) is 17.1 Å². The number of ether oxygens (including phenoxy) is 2. The Morgan fingerprint density at radius 1 is 1.06 bits per heavy atom. The van der Waals surface area contributed by atoms with E-state index in [1.807, 2.05) is 18.4 Å². The second kappa shape index (κ2) is 10.4. The van der Waals surface area contributed by atoms with E-state index in [9.17, 15) is 18.0 Å². The predicted molar refractivity (Wildman–Crippen MR) is 119 cm³/mol. The number of hydrogen-bond acceptors (Lipinski definition) is 6. The molecule has 2 heterocycles. The minimum absolute atomic E-state index is 0.0573. The number of Topliss-reactive ketones (excluding diaryl/α,β-unsaturated/α-hetero) is 1. The molecular weight excluding hydrogens is 432 g/mol. The van der Waals surface area contributed by atoms with Gasteiger partial charge in [-0.3, -0.25) is 4.79 Å². The lowest BCUT2D eigenvalue weighted by molar-refractivity contribution is 0.0474. The van der Waals surface area contributed by atoms with Gasteiger partial charge in [-0.2, -0.15) is 4.31 Å². The van der Waals surface area contributed by atoms with Crippen LogP contribution in [0.4, 0.5) is 0 Å². The molecule has 1 aliphatic rings. The molecule has 1 aliphatic heterocycles. The number of piperidine rings is 1. The number of aromatic nitrogens is 1. The molecule has 0 N–H and O–H groups in total. The molecule has 1 aromatic carbocycles. The van der Waals surface area contributed by atoms with Crippen molar-refractivity contribution in [1.82, 2.24) is 8.87 Å². The zero-order valence-corrected chi connectivity index (χ0v) is 19.6. The molecule has 0 bridgehead atoms. The van der Waals surface area contributed by atoms with Crippen LogP contribution in [0.25, 0.3) is 0 Å². The van der Waals surface area contributed by atoms with Crippen molar-refractivity contribution in [2.45, 2.75) is 44.6 Å².